The molecule has 0 bridgehead atoms. The van der Waals surface area contributed by atoms with Crippen LogP contribution in [0.4, 0.5) is 5.13 Å². The Morgan fingerprint density at radius 3 is 2.33 bits per heavy atom. The monoisotopic (exact) mass is 282 g/mol. The Labute approximate surface area is 116 Å². The smallest absolute Gasteiger partial charge is 0.203 e. The molecule has 1 atom stereocenters. The van der Waals surface area contributed by atoms with Crippen molar-refractivity contribution in [3.63, 3.8) is 0 Å². The van der Waals surface area contributed by atoms with E-state index in [2.05, 4.69) is 47.4 Å². The molecule has 0 spiro atoms. The van der Waals surface area contributed by atoms with E-state index < -0.39 is 0 Å². The van der Waals surface area contributed by atoms with Gasteiger partial charge in [-0.2, -0.15) is 4.37 Å². The predicted octanol–water partition coefficient (Wildman–Crippen LogP) is 3.91. The number of aromatic nitrogens is 3. The fourth-order valence-corrected chi connectivity index (χ4v) is 3.45. The first-order valence-electron chi connectivity index (χ1n) is 6.01. The molecule has 2 rings (SSSR count). The number of aryl methyl sites for hydroxylation is 2. The van der Waals surface area contributed by atoms with Crippen LogP contribution in [-0.4, -0.2) is 14.3 Å². The summed E-state index contributed by atoms with van der Waals surface area (Å²) in [4.78, 5) is 10.2. The van der Waals surface area contributed by atoms with Crippen LogP contribution in [0, 0.1) is 13.8 Å². The van der Waals surface area contributed by atoms with Gasteiger partial charge in [-0.25, -0.2) is 9.97 Å². The summed E-state index contributed by atoms with van der Waals surface area (Å²) in [5.74, 6) is 1.28. The van der Waals surface area contributed by atoms with E-state index in [1.807, 2.05) is 6.92 Å². The van der Waals surface area contributed by atoms with Crippen molar-refractivity contribution in [3.05, 3.63) is 21.4 Å². The summed E-state index contributed by atoms with van der Waals surface area (Å²) in [7, 11) is 0. The maximum absolute atomic E-state index is 4.49. The Morgan fingerprint density at radius 2 is 1.83 bits per heavy atom. The van der Waals surface area contributed by atoms with Crippen LogP contribution in [0.25, 0.3) is 0 Å². The third-order valence-electron chi connectivity index (χ3n) is 2.63. The van der Waals surface area contributed by atoms with Gasteiger partial charge in [0, 0.05) is 22.3 Å². The van der Waals surface area contributed by atoms with E-state index in [-0.39, 0.29) is 6.04 Å². The molecule has 0 radical (unpaired) electrons. The predicted molar refractivity (Wildman–Crippen MR) is 77.6 cm³/mol. The van der Waals surface area contributed by atoms with Gasteiger partial charge in [0.15, 0.2) is 0 Å². The number of anilines is 1. The van der Waals surface area contributed by atoms with E-state index in [9.17, 15) is 0 Å². The molecule has 6 heteroatoms. The molecule has 0 fully saturated rings. The van der Waals surface area contributed by atoms with Crippen LogP contribution in [0.15, 0.2) is 0 Å². The number of thiazole rings is 1. The van der Waals surface area contributed by atoms with Crippen LogP contribution in [0.5, 0.6) is 0 Å². The summed E-state index contributed by atoms with van der Waals surface area (Å²) in [6, 6.07) is 0.226. The summed E-state index contributed by atoms with van der Waals surface area (Å²) >= 11 is 3.16. The molecule has 0 aromatic carbocycles. The summed E-state index contributed by atoms with van der Waals surface area (Å²) in [6.07, 6.45) is 0. The van der Waals surface area contributed by atoms with Crippen molar-refractivity contribution in [1.82, 2.24) is 14.3 Å². The second kappa shape index (κ2) is 5.32. The Kier molecular flexibility index (Phi) is 3.97. The van der Waals surface area contributed by atoms with Crippen molar-refractivity contribution in [2.24, 2.45) is 0 Å². The van der Waals surface area contributed by atoms with Crippen LogP contribution in [0.1, 0.15) is 54.1 Å². The van der Waals surface area contributed by atoms with Crippen molar-refractivity contribution in [3.8, 4) is 0 Å². The first-order chi connectivity index (χ1) is 8.47. The van der Waals surface area contributed by atoms with Crippen molar-refractivity contribution < 1.29 is 0 Å². The van der Waals surface area contributed by atoms with Gasteiger partial charge in [0.1, 0.15) is 5.82 Å². The molecule has 2 aromatic rings. The second-order valence-corrected chi connectivity index (χ2v) is 6.65. The fourth-order valence-electron chi connectivity index (χ4n) is 1.73. The largest absolute Gasteiger partial charge is 0.353 e. The highest BCUT2D eigenvalue weighted by molar-refractivity contribution is 7.12. The van der Waals surface area contributed by atoms with Gasteiger partial charge in [-0.1, -0.05) is 13.8 Å². The maximum atomic E-state index is 4.49. The van der Waals surface area contributed by atoms with E-state index in [1.54, 1.807) is 11.3 Å². The van der Waals surface area contributed by atoms with Crippen molar-refractivity contribution in [2.75, 3.05) is 5.32 Å². The first-order valence-corrected chi connectivity index (χ1v) is 7.60. The third-order valence-corrected chi connectivity index (χ3v) is 4.55. The van der Waals surface area contributed by atoms with Crippen LogP contribution in [-0.2, 0) is 0 Å². The lowest BCUT2D eigenvalue weighted by molar-refractivity contribution is 0.795. The number of nitrogens with one attached hydrogen (secondary N) is 1. The number of hydrogen-bond acceptors (Lipinski definition) is 6. The van der Waals surface area contributed by atoms with Gasteiger partial charge in [-0.05, 0) is 20.8 Å². The molecular weight excluding hydrogens is 264 g/mol. The SMILES string of the molecule is Cc1nc(C)c(C(C)Nc2nc(C(C)C)ns2)s1. The Bertz CT molecular complexity index is 530. The summed E-state index contributed by atoms with van der Waals surface area (Å²) in [5.41, 5.74) is 1.10. The quantitative estimate of drug-likeness (QED) is 0.923. The molecule has 4 nitrogen and oxygen atoms in total. The lowest BCUT2D eigenvalue weighted by atomic mass is 10.2. The average molecular weight is 282 g/mol. The van der Waals surface area contributed by atoms with Crippen LogP contribution >= 0.6 is 22.9 Å². The minimum absolute atomic E-state index is 0.226. The zero-order chi connectivity index (χ0) is 13.3. The van der Waals surface area contributed by atoms with Gasteiger partial charge in [-0.3, -0.25) is 0 Å². The van der Waals surface area contributed by atoms with Gasteiger partial charge in [0.05, 0.1) is 16.7 Å². The van der Waals surface area contributed by atoms with Crippen molar-refractivity contribution in [2.45, 2.75) is 46.6 Å². The zero-order valence-electron chi connectivity index (χ0n) is 11.3. The molecular formula is C12H18N4S2. The summed E-state index contributed by atoms with van der Waals surface area (Å²) in [6.45, 7) is 10.4. The third kappa shape index (κ3) is 2.87. The average Bonchev–Trinajstić information content (AvgIpc) is 2.85. The lowest BCUT2D eigenvalue weighted by Crippen LogP contribution is -2.06. The molecule has 2 aromatic heterocycles. The first kappa shape index (κ1) is 13.4. The number of hydrogen-bond donors (Lipinski definition) is 1. The molecule has 0 amide bonds. The maximum Gasteiger partial charge on any atom is 0.203 e. The molecule has 0 saturated heterocycles. The van der Waals surface area contributed by atoms with Gasteiger partial charge in [-0.15, -0.1) is 11.3 Å². The molecule has 0 aliphatic heterocycles. The number of rotatable bonds is 4. The van der Waals surface area contributed by atoms with E-state index in [0.29, 0.717) is 5.92 Å². The van der Waals surface area contributed by atoms with Gasteiger partial charge < -0.3 is 5.32 Å². The van der Waals surface area contributed by atoms with Crippen LogP contribution in [0.2, 0.25) is 0 Å². The normalized spacial score (nSPS) is 13.0. The Hall–Kier alpha value is -1.01. The highest BCUT2D eigenvalue weighted by Crippen LogP contribution is 2.28. The van der Waals surface area contributed by atoms with Gasteiger partial charge in [0.25, 0.3) is 0 Å². The fraction of sp³-hybridized carbons (Fsp3) is 0.583. The highest BCUT2D eigenvalue weighted by atomic mass is 32.1. The molecule has 18 heavy (non-hydrogen) atoms. The Morgan fingerprint density at radius 1 is 1.11 bits per heavy atom. The molecule has 1 N–H and O–H groups in total. The summed E-state index contributed by atoms with van der Waals surface area (Å²) in [5, 5.41) is 5.40. The topological polar surface area (TPSA) is 50.7 Å². The van der Waals surface area contributed by atoms with Crippen molar-refractivity contribution >= 4 is 28.0 Å². The van der Waals surface area contributed by atoms with Gasteiger partial charge >= 0.3 is 0 Å². The molecule has 1 unspecified atom stereocenters. The van der Waals surface area contributed by atoms with E-state index in [0.717, 1.165) is 21.7 Å². The van der Waals surface area contributed by atoms with Gasteiger partial charge in [0.2, 0.25) is 5.13 Å². The second-order valence-electron chi connectivity index (χ2n) is 4.66. The standard InChI is InChI=1S/C12H18N4S2/c1-6(2)11-15-12(18-16-11)14-8(4)10-7(3)13-9(5)17-10/h6,8H,1-5H3,(H,14,15,16). The Balaban J connectivity index is 2.11. The minimum atomic E-state index is 0.226. The van der Waals surface area contributed by atoms with E-state index in [1.165, 1.54) is 16.4 Å². The minimum Gasteiger partial charge on any atom is -0.353 e. The molecule has 0 saturated carbocycles. The molecule has 2 heterocycles. The van der Waals surface area contributed by atoms with Crippen LogP contribution < -0.4 is 5.32 Å². The molecule has 0 aliphatic rings. The number of nitrogens with zero attached hydrogens (tertiary/aromatic N) is 3. The zero-order valence-corrected chi connectivity index (χ0v) is 12.9. The van der Waals surface area contributed by atoms with Crippen molar-refractivity contribution in [1.29, 1.82) is 0 Å². The molecule has 98 valence electrons. The van der Waals surface area contributed by atoms with Crippen LogP contribution in [0.3, 0.4) is 0 Å². The lowest BCUT2D eigenvalue weighted by Gasteiger charge is -2.10. The molecule has 0 aliphatic carbocycles. The summed E-state index contributed by atoms with van der Waals surface area (Å²) < 4.78 is 4.35. The van der Waals surface area contributed by atoms with E-state index >= 15 is 0 Å². The highest BCUT2D eigenvalue weighted by Gasteiger charge is 2.15. The van der Waals surface area contributed by atoms with E-state index in [4.69, 9.17) is 0 Å².